The summed E-state index contributed by atoms with van der Waals surface area (Å²) in [6.07, 6.45) is 22.2. The number of aliphatic imine (C=N–C) groups is 6. The number of nitrogens with zero attached hydrogens (tertiary/aromatic N) is 6. The molecule has 1 aliphatic heterocycles. The van der Waals surface area contributed by atoms with E-state index in [1.54, 1.807) is 37.3 Å². The molecule has 0 saturated heterocycles. The summed E-state index contributed by atoms with van der Waals surface area (Å²) in [6.45, 7) is 0. The number of phenolic OH excluding ortho intramolecular Hbond substituents is 3. The molecule has 7 rings (SSSR count). The molecule has 60 heavy (non-hydrogen) atoms. The molecule has 3 fully saturated rings. The molecule has 0 amide bonds. The lowest BCUT2D eigenvalue weighted by molar-refractivity contribution is 0.389. The fraction of sp³-hybridized carbons (Fsp3) is 0.455. The minimum absolute atomic E-state index is 0.0617. The van der Waals surface area contributed by atoms with E-state index in [-0.39, 0.29) is 64.2 Å². The first-order chi connectivity index (χ1) is 29.0. The highest BCUT2D eigenvalue weighted by atomic mass is 79.9. The van der Waals surface area contributed by atoms with Gasteiger partial charge in [0.1, 0.15) is 17.2 Å². The minimum Gasteiger partial charge on any atom is -0.507 e. The molecule has 16 heteroatoms. The average molecular weight is 1090 g/mol. The van der Waals surface area contributed by atoms with E-state index in [2.05, 4.69) is 47.8 Å². The Morgan fingerprint density at radius 1 is 0.367 bits per heavy atom. The summed E-state index contributed by atoms with van der Waals surface area (Å²) in [7, 11) is 0. The van der Waals surface area contributed by atoms with Gasteiger partial charge in [-0.15, -0.1) is 46.4 Å². The van der Waals surface area contributed by atoms with Crippen LogP contribution in [0.4, 0.5) is 0 Å². The highest BCUT2D eigenvalue weighted by molar-refractivity contribution is 9.11. The predicted octanol–water partition coefficient (Wildman–Crippen LogP) is 12.8. The van der Waals surface area contributed by atoms with E-state index < -0.39 is 0 Å². The van der Waals surface area contributed by atoms with E-state index in [4.69, 9.17) is 76.4 Å². The summed E-state index contributed by atoms with van der Waals surface area (Å²) < 4.78 is 2.45. The van der Waals surface area contributed by atoms with E-state index >= 15 is 0 Å². The number of aromatic hydroxyl groups is 3. The Balaban J connectivity index is 0.00000107. The van der Waals surface area contributed by atoms with Crippen LogP contribution < -0.4 is 0 Å². The van der Waals surface area contributed by atoms with Crippen LogP contribution in [0.15, 0.2) is 79.8 Å². The van der Waals surface area contributed by atoms with Gasteiger partial charge in [-0.05, 0) is 74.9 Å². The van der Waals surface area contributed by atoms with Crippen LogP contribution >= 0.6 is 94.2 Å². The summed E-state index contributed by atoms with van der Waals surface area (Å²) in [5.41, 5.74) is 3.63. The highest BCUT2D eigenvalue weighted by Crippen LogP contribution is 2.32. The van der Waals surface area contributed by atoms with Crippen molar-refractivity contribution >= 4 is 131 Å². The van der Waals surface area contributed by atoms with Crippen molar-refractivity contribution in [2.75, 3.05) is 10.7 Å². The Morgan fingerprint density at radius 3 is 0.667 bits per heavy atom. The Morgan fingerprint density at radius 2 is 0.517 bits per heavy atom. The van der Waals surface area contributed by atoms with Gasteiger partial charge in [0.25, 0.3) is 0 Å². The van der Waals surface area contributed by atoms with Gasteiger partial charge in [0.15, 0.2) is 0 Å². The van der Waals surface area contributed by atoms with Crippen molar-refractivity contribution in [3.05, 3.63) is 83.2 Å². The van der Waals surface area contributed by atoms with Crippen molar-refractivity contribution in [3.8, 4) is 17.2 Å². The van der Waals surface area contributed by atoms with Gasteiger partial charge in [-0.2, -0.15) is 0 Å². The first-order valence-electron chi connectivity index (χ1n) is 20.1. The third-order valence-electron chi connectivity index (χ3n) is 10.9. The number of fused-ring (bicyclic) bond motifs is 9. The van der Waals surface area contributed by atoms with Gasteiger partial charge in [-0.1, -0.05) is 86.3 Å². The third-order valence-corrected chi connectivity index (χ3v) is 12.3. The molecule has 3 aromatic rings. The van der Waals surface area contributed by atoms with Gasteiger partial charge in [0.05, 0.1) is 46.9 Å². The van der Waals surface area contributed by atoms with Gasteiger partial charge >= 0.3 is 0 Å². The predicted molar refractivity (Wildman–Crippen MR) is 264 cm³/mol. The molecule has 0 aromatic heterocycles. The number of hydrogen-bond acceptors (Lipinski definition) is 9. The van der Waals surface area contributed by atoms with Crippen LogP contribution in [0.2, 0.25) is 0 Å². The molecule has 6 bridgehead atoms. The van der Waals surface area contributed by atoms with Crippen molar-refractivity contribution in [2.45, 2.75) is 113 Å². The molecule has 0 radical (unpaired) electrons. The van der Waals surface area contributed by atoms with Crippen molar-refractivity contribution in [2.24, 2.45) is 30.0 Å². The number of halogens is 7. The zero-order valence-corrected chi connectivity index (χ0v) is 40.7. The Labute approximate surface area is 398 Å². The second kappa shape index (κ2) is 25.1. The van der Waals surface area contributed by atoms with Crippen LogP contribution in [0.25, 0.3) is 0 Å². The maximum atomic E-state index is 11.4. The molecule has 6 atom stereocenters. The summed E-state index contributed by atoms with van der Waals surface area (Å²) in [6, 6.07) is 10.8. The lowest BCUT2D eigenvalue weighted by Gasteiger charge is -2.26. The van der Waals surface area contributed by atoms with Gasteiger partial charge in [0.2, 0.25) is 0 Å². The van der Waals surface area contributed by atoms with Crippen LogP contribution in [0.3, 0.4) is 0 Å². The molecule has 1 heterocycles. The Bertz CT molecular complexity index is 1730. The summed E-state index contributed by atoms with van der Waals surface area (Å²) in [4.78, 5) is 29.8. The van der Waals surface area contributed by atoms with Crippen molar-refractivity contribution in [3.63, 3.8) is 0 Å². The first-order valence-corrected chi connectivity index (χ1v) is 24.6. The van der Waals surface area contributed by atoms with Gasteiger partial charge in [0, 0.05) is 84.1 Å². The van der Waals surface area contributed by atoms with E-state index in [0.717, 1.165) is 90.5 Å². The number of alkyl halides is 4. The van der Waals surface area contributed by atoms with E-state index in [1.165, 1.54) is 0 Å². The minimum atomic E-state index is -0.0617. The number of benzene rings is 3. The molecule has 322 valence electrons. The van der Waals surface area contributed by atoms with Crippen LogP contribution in [-0.2, 0) is 0 Å². The molecule has 0 unspecified atom stereocenters. The average Bonchev–Trinajstić information content (AvgIpc) is 3.23. The maximum absolute atomic E-state index is 11.4. The fourth-order valence-corrected chi connectivity index (χ4v) is 9.37. The van der Waals surface area contributed by atoms with Gasteiger partial charge in [-0.3, -0.25) is 30.0 Å². The second-order valence-electron chi connectivity index (χ2n) is 14.9. The summed E-state index contributed by atoms with van der Waals surface area (Å²) in [5, 5.41) is 34.5. The molecule has 9 nitrogen and oxygen atoms in total. The fourth-order valence-electron chi connectivity index (χ4n) is 7.89. The lowest BCUT2D eigenvalue weighted by atomic mass is 9.91. The zero-order chi connectivity index (χ0) is 43.0. The van der Waals surface area contributed by atoms with E-state index in [9.17, 15) is 15.3 Å². The first kappa shape index (κ1) is 48.7. The molecule has 4 aliphatic rings. The molecule has 3 aliphatic carbocycles. The van der Waals surface area contributed by atoms with E-state index in [0.29, 0.717) is 33.4 Å². The van der Waals surface area contributed by atoms with Crippen LogP contribution in [0.5, 0.6) is 17.2 Å². The third kappa shape index (κ3) is 14.1. The molecule has 3 aromatic carbocycles. The lowest BCUT2D eigenvalue weighted by Crippen LogP contribution is -2.27. The number of rotatable bonds is 0. The standard InChI is InChI=1S/C42H45Br3N6O3.2CH2Cl2/c43-31-13-25-19-46-34-7-1-2-8-35(34)47-20-26-14-32(44)16-28(41(26)53)22-49-38-11-5-6-12-39(38)51-24-30-18-33(45)17-29(42(30)54)23-50-37-10-4-3-9-36(37)48-21-27(15-31)40(25)52;2*2-1-3/h13-24,34-39,52-54H,1-12H2;2*1H2/t34-,35-,36-,37-,38-,39-;;/m1../s1. The summed E-state index contributed by atoms with van der Waals surface area (Å²) >= 11 is 29.9. The molecular weight excluding hydrogens is 1040 g/mol. The quantitative estimate of drug-likeness (QED) is 0.194. The number of hydrogen-bond donors (Lipinski definition) is 3. The molecule has 0 spiro atoms. The van der Waals surface area contributed by atoms with Crippen molar-refractivity contribution < 1.29 is 15.3 Å². The van der Waals surface area contributed by atoms with Crippen LogP contribution in [0.1, 0.15) is 110 Å². The monoisotopic (exact) mass is 1090 g/mol. The normalized spacial score (nSPS) is 24.1. The highest BCUT2D eigenvalue weighted by Gasteiger charge is 2.26. The summed E-state index contributed by atoms with van der Waals surface area (Å²) in [5.74, 6) is 0.364. The van der Waals surface area contributed by atoms with Crippen LogP contribution in [0, 0.1) is 0 Å². The maximum Gasteiger partial charge on any atom is 0.133 e. The molecular formula is C44H49Br3Cl4N6O3. The topological polar surface area (TPSA) is 135 Å². The largest absolute Gasteiger partial charge is 0.507 e. The smallest absolute Gasteiger partial charge is 0.133 e. The number of phenols is 3. The SMILES string of the molecule is ClCCl.ClCCl.Oc1c2cc(Br)cc1C=N[C@@H]1CCCC[C@H]1N=Cc1cc(Br)cc(c1O)C=N[C@@H]1CCCC[C@H]1N=Cc1cc(Br)cc(c1O)C=N[C@@H]1CCCC[C@H]1N=C2. The van der Waals surface area contributed by atoms with Gasteiger partial charge in [-0.25, -0.2) is 0 Å². The van der Waals surface area contributed by atoms with Gasteiger partial charge < -0.3 is 15.3 Å². The second-order valence-corrected chi connectivity index (χ2v) is 19.3. The Kier molecular flexibility index (Phi) is 20.4. The van der Waals surface area contributed by atoms with Crippen molar-refractivity contribution in [1.82, 2.24) is 0 Å². The van der Waals surface area contributed by atoms with E-state index in [1.807, 2.05) is 36.4 Å². The molecule has 3 saturated carbocycles. The van der Waals surface area contributed by atoms with Crippen molar-refractivity contribution in [1.29, 1.82) is 0 Å². The molecule has 3 N–H and O–H groups in total. The van der Waals surface area contributed by atoms with Crippen LogP contribution in [-0.4, -0.2) is 99.5 Å². The Hall–Kier alpha value is -2.32. The zero-order valence-electron chi connectivity index (χ0n) is 33.0.